The van der Waals surface area contributed by atoms with Gasteiger partial charge in [0.2, 0.25) is 0 Å². The molecule has 0 aliphatic heterocycles. The van der Waals surface area contributed by atoms with Gasteiger partial charge >= 0.3 is 5.97 Å². The summed E-state index contributed by atoms with van der Waals surface area (Å²) in [5, 5.41) is 9.16. The fourth-order valence-electron chi connectivity index (χ4n) is 1.85. The van der Waals surface area contributed by atoms with E-state index in [-0.39, 0.29) is 5.41 Å². The summed E-state index contributed by atoms with van der Waals surface area (Å²) in [6.07, 6.45) is 4.84. The van der Waals surface area contributed by atoms with E-state index in [1.807, 2.05) is 13.8 Å². The minimum atomic E-state index is -0.655. The molecule has 0 aliphatic rings. The molecule has 0 spiro atoms. The Balaban J connectivity index is 4.29. The van der Waals surface area contributed by atoms with Crippen molar-refractivity contribution < 1.29 is 9.90 Å². The highest BCUT2D eigenvalue weighted by Gasteiger charge is 2.32. The second kappa shape index (κ2) is 5.53. The zero-order chi connectivity index (χ0) is 12.1. The molecule has 0 heterocycles. The SMILES string of the molecule is CCCC(C)(C)CCC(C)(CC)C(=O)O. The van der Waals surface area contributed by atoms with E-state index in [9.17, 15) is 4.79 Å². The summed E-state index contributed by atoms with van der Waals surface area (Å²) in [5.74, 6) is -0.655. The maximum absolute atomic E-state index is 11.1. The molecule has 15 heavy (non-hydrogen) atoms. The first-order valence-electron chi connectivity index (χ1n) is 6.01. The molecule has 0 saturated heterocycles. The standard InChI is InChI=1S/C13H26O2/c1-6-8-12(3,4)9-10-13(5,7-2)11(14)15/h6-10H2,1-5H3,(H,14,15). The average molecular weight is 214 g/mol. The van der Waals surface area contributed by atoms with Gasteiger partial charge in [0.1, 0.15) is 0 Å². The van der Waals surface area contributed by atoms with Crippen molar-refractivity contribution in [1.29, 1.82) is 0 Å². The minimum absolute atomic E-state index is 0.278. The predicted octanol–water partition coefficient (Wildman–Crippen LogP) is 4.09. The average Bonchev–Trinajstić information content (AvgIpc) is 2.14. The lowest BCUT2D eigenvalue weighted by atomic mass is 9.75. The first-order valence-corrected chi connectivity index (χ1v) is 6.01. The summed E-state index contributed by atoms with van der Waals surface area (Å²) < 4.78 is 0. The van der Waals surface area contributed by atoms with Crippen LogP contribution in [0.15, 0.2) is 0 Å². The summed E-state index contributed by atoms with van der Waals surface area (Å²) in [7, 11) is 0. The number of aliphatic carboxylic acids is 1. The van der Waals surface area contributed by atoms with Crippen LogP contribution in [-0.4, -0.2) is 11.1 Å². The van der Waals surface area contributed by atoms with Gasteiger partial charge in [-0.25, -0.2) is 0 Å². The maximum atomic E-state index is 11.1. The van der Waals surface area contributed by atoms with Crippen LogP contribution in [-0.2, 0) is 4.79 Å². The van der Waals surface area contributed by atoms with Crippen molar-refractivity contribution in [2.75, 3.05) is 0 Å². The van der Waals surface area contributed by atoms with E-state index in [4.69, 9.17) is 5.11 Å². The molecule has 90 valence electrons. The van der Waals surface area contributed by atoms with Crippen molar-refractivity contribution in [2.45, 2.75) is 66.7 Å². The van der Waals surface area contributed by atoms with Crippen molar-refractivity contribution in [1.82, 2.24) is 0 Å². The van der Waals surface area contributed by atoms with Crippen LogP contribution in [0.1, 0.15) is 66.7 Å². The molecule has 0 aliphatic carbocycles. The lowest BCUT2D eigenvalue weighted by Crippen LogP contribution is -2.28. The quantitative estimate of drug-likeness (QED) is 0.693. The summed E-state index contributed by atoms with van der Waals surface area (Å²) >= 11 is 0. The van der Waals surface area contributed by atoms with Crippen LogP contribution in [0.4, 0.5) is 0 Å². The fraction of sp³-hybridized carbons (Fsp3) is 0.923. The molecule has 0 amide bonds. The number of rotatable bonds is 7. The van der Waals surface area contributed by atoms with E-state index in [2.05, 4.69) is 20.8 Å². The molecule has 1 N–H and O–H groups in total. The Bertz CT molecular complexity index is 209. The highest BCUT2D eigenvalue weighted by Crippen LogP contribution is 2.36. The number of hydrogen-bond donors (Lipinski definition) is 1. The van der Waals surface area contributed by atoms with Gasteiger partial charge in [-0.15, -0.1) is 0 Å². The lowest BCUT2D eigenvalue weighted by Gasteiger charge is -2.30. The second-order valence-electron chi connectivity index (χ2n) is 5.63. The summed E-state index contributed by atoms with van der Waals surface area (Å²) in [5.41, 5.74) is -0.258. The van der Waals surface area contributed by atoms with Gasteiger partial charge in [0, 0.05) is 0 Å². The van der Waals surface area contributed by atoms with E-state index in [0.717, 1.165) is 12.8 Å². The van der Waals surface area contributed by atoms with E-state index in [1.54, 1.807) is 0 Å². The Morgan fingerprint density at radius 1 is 1.07 bits per heavy atom. The Morgan fingerprint density at radius 3 is 1.93 bits per heavy atom. The van der Waals surface area contributed by atoms with Crippen molar-refractivity contribution in [3.63, 3.8) is 0 Å². The smallest absolute Gasteiger partial charge is 0.309 e. The molecule has 2 nitrogen and oxygen atoms in total. The number of carboxylic acids is 1. The molecule has 0 saturated carbocycles. The zero-order valence-electron chi connectivity index (χ0n) is 10.9. The van der Waals surface area contributed by atoms with Crippen LogP contribution in [0.3, 0.4) is 0 Å². The van der Waals surface area contributed by atoms with Gasteiger partial charge in [-0.2, -0.15) is 0 Å². The highest BCUT2D eigenvalue weighted by atomic mass is 16.4. The first-order chi connectivity index (χ1) is 6.77. The van der Waals surface area contributed by atoms with Gasteiger partial charge in [-0.3, -0.25) is 4.79 Å². The molecule has 2 heteroatoms. The Kier molecular flexibility index (Phi) is 5.33. The summed E-state index contributed by atoms with van der Waals surface area (Å²) in [4.78, 5) is 11.1. The second-order valence-corrected chi connectivity index (χ2v) is 5.63. The number of carbonyl (C=O) groups is 1. The van der Waals surface area contributed by atoms with Crippen molar-refractivity contribution in [2.24, 2.45) is 10.8 Å². The van der Waals surface area contributed by atoms with E-state index >= 15 is 0 Å². The van der Waals surface area contributed by atoms with Crippen molar-refractivity contribution >= 4 is 5.97 Å². The third-order valence-electron chi connectivity index (χ3n) is 3.58. The third-order valence-corrected chi connectivity index (χ3v) is 3.58. The topological polar surface area (TPSA) is 37.3 Å². The van der Waals surface area contributed by atoms with Crippen LogP contribution in [0.5, 0.6) is 0 Å². The van der Waals surface area contributed by atoms with Crippen LogP contribution in [0.25, 0.3) is 0 Å². The Hall–Kier alpha value is -0.530. The summed E-state index contributed by atoms with van der Waals surface area (Å²) in [6, 6.07) is 0. The van der Waals surface area contributed by atoms with Gasteiger partial charge in [0.15, 0.2) is 0 Å². The fourth-order valence-corrected chi connectivity index (χ4v) is 1.85. The normalized spacial score (nSPS) is 16.1. The monoisotopic (exact) mass is 214 g/mol. The molecule has 0 aromatic carbocycles. The predicted molar refractivity (Wildman–Crippen MR) is 64.0 cm³/mol. The Morgan fingerprint density at radius 2 is 1.60 bits per heavy atom. The highest BCUT2D eigenvalue weighted by molar-refractivity contribution is 5.73. The molecule has 0 fully saturated rings. The molecule has 0 aromatic rings. The molecule has 1 unspecified atom stereocenters. The molecular weight excluding hydrogens is 188 g/mol. The molecular formula is C13H26O2. The van der Waals surface area contributed by atoms with Crippen LogP contribution in [0, 0.1) is 10.8 Å². The van der Waals surface area contributed by atoms with Crippen molar-refractivity contribution in [3.8, 4) is 0 Å². The summed E-state index contributed by atoms with van der Waals surface area (Å²) in [6.45, 7) is 10.5. The maximum Gasteiger partial charge on any atom is 0.309 e. The zero-order valence-corrected chi connectivity index (χ0v) is 10.9. The van der Waals surface area contributed by atoms with Crippen LogP contribution >= 0.6 is 0 Å². The van der Waals surface area contributed by atoms with Gasteiger partial charge in [-0.1, -0.05) is 34.1 Å². The van der Waals surface area contributed by atoms with Gasteiger partial charge < -0.3 is 5.11 Å². The molecule has 0 bridgehead atoms. The molecule has 0 rings (SSSR count). The van der Waals surface area contributed by atoms with Gasteiger partial charge in [0.05, 0.1) is 5.41 Å². The molecule has 1 atom stereocenters. The third kappa shape index (κ3) is 4.67. The van der Waals surface area contributed by atoms with Gasteiger partial charge in [-0.05, 0) is 38.0 Å². The molecule has 0 aromatic heterocycles. The largest absolute Gasteiger partial charge is 0.481 e. The van der Waals surface area contributed by atoms with E-state index < -0.39 is 11.4 Å². The van der Waals surface area contributed by atoms with Gasteiger partial charge in [0.25, 0.3) is 0 Å². The van der Waals surface area contributed by atoms with E-state index in [0.29, 0.717) is 6.42 Å². The first kappa shape index (κ1) is 14.5. The molecule has 0 radical (unpaired) electrons. The Labute approximate surface area is 94.1 Å². The van der Waals surface area contributed by atoms with Crippen LogP contribution < -0.4 is 0 Å². The number of hydrogen-bond acceptors (Lipinski definition) is 1. The van der Waals surface area contributed by atoms with Crippen molar-refractivity contribution in [3.05, 3.63) is 0 Å². The minimum Gasteiger partial charge on any atom is -0.481 e. The number of carboxylic acid groups (broad SMARTS) is 1. The van der Waals surface area contributed by atoms with E-state index in [1.165, 1.54) is 12.8 Å². The van der Waals surface area contributed by atoms with Crippen LogP contribution in [0.2, 0.25) is 0 Å². The lowest BCUT2D eigenvalue weighted by molar-refractivity contribution is -0.148.